The lowest BCUT2D eigenvalue weighted by Crippen LogP contribution is -2.46. The van der Waals surface area contributed by atoms with Crippen LogP contribution in [0.5, 0.6) is 0 Å². The molecule has 0 bridgehead atoms. The molecule has 1 amide bonds. The highest BCUT2D eigenvalue weighted by atomic mass is 16.6. The zero-order valence-electron chi connectivity index (χ0n) is 10.1. The minimum atomic E-state index is -0.880. The van der Waals surface area contributed by atoms with Crippen LogP contribution in [-0.4, -0.2) is 52.1 Å². The van der Waals surface area contributed by atoms with E-state index < -0.39 is 17.8 Å². The van der Waals surface area contributed by atoms with E-state index in [1.54, 1.807) is 20.8 Å². The van der Waals surface area contributed by atoms with Gasteiger partial charge in [-0.2, -0.15) is 0 Å². The number of hydrogen-bond acceptors (Lipinski definition) is 4. The molecule has 5 nitrogen and oxygen atoms in total. The molecule has 1 saturated heterocycles. The van der Waals surface area contributed by atoms with Crippen LogP contribution in [0.4, 0.5) is 4.79 Å². The highest BCUT2D eigenvalue weighted by molar-refractivity contribution is 5.69. The summed E-state index contributed by atoms with van der Waals surface area (Å²) in [5.41, 5.74) is -0.533. The molecule has 0 aromatic rings. The van der Waals surface area contributed by atoms with Gasteiger partial charge >= 0.3 is 6.09 Å². The van der Waals surface area contributed by atoms with Crippen LogP contribution in [0.2, 0.25) is 0 Å². The molecule has 0 aromatic heterocycles. The first kappa shape index (κ1) is 13.3. The molecule has 0 aromatic carbocycles. The van der Waals surface area contributed by atoms with Gasteiger partial charge in [0.1, 0.15) is 5.60 Å². The van der Waals surface area contributed by atoms with Crippen molar-refractivity contribution in [3.05, 3.63) is 0 Å². The Morgan fingerprint density at radius 3 is 2.69 bits per heavy atom. The van der Waals surface area contributed by atoms with E-state index in [9.17, 15) is 9.90 Å². The van der Waals surface area contributed by atoms with Crippen molar-refractivity contribution < 1.29 is 19.7 Å². The van der Waals surface area contributed by atoms with E-state index in [1.165, 1.54) is 4.90 Å². The molecule has 1 unspecified atom stereocenters. The van der Waals surface area contributed by atoms with Crippen molar-refractivity contribution in [2.75, 3.05) is 13.2 Å². The van der Waals surface area contributed by atoms with Crippen molar-refractivity contribution in [2.24, 2.45) is 0 Å². The highest BCUT2D eigenvalue weighted by Crippen LogP contribution is 2.22. The van der Waals surface area contributed by atoms with Gasteiger partial charge in [-0.15, -0.1) is 0 Å². The van der Waals surface area contributed by atoms with Crippen molar-refractivity contribution >= 4 is 6.09 Å². The smallest absolute Gasteiger partial charge is 0.410 e. The lowest BCUT2D eigenvalue weighted by molar-refractivity contribution is -0.00623. The quantitative estimate of drug-likeness (QED) is 0.735. The SMILES string of the molecule is CC(C)(C)OC(=O)N1CCC[C@H]1C(O)CO. The fraction of sp³-hybridized carbons (Fsp3) is 0.909. The van der Waals surface area contributed by atoms with Crippen LogP contribution < -0.4 is 0 Å². The molecule has 0 saturated carbocycles. The highest BCUT2D eigenvalue weighted by Gasteiger charge is 2.35. The van der Waals surface area contributed by atoms with Crippen molar-refractivity contribution in [2.45, 2.75) is 51.4 Å². The monoisotopic (exact) mass is 231 g/mol. The Labute approximate surface area is 96.0 Å². The summed E-state index contributed by atoms with van der Waals surface area (Å²) in [6.07, 6.45) is 0.250. The molecule has 1 aliphatic rings. The number of rotatable bonds is 2. The Balaban J connectivity index is 2.61. The van der Waals surface area contributed by atoms with Gasteiger partial charge in [-0.3, -0.25) is 0 Å². The first-order chi connectivity index (χ1) is 7.35. The first-order valence-electron chi connectivity index (χ1n) is 5.63. The lowest BCUT2D eigenvalue weighted by atomic mass is 10.1. The second-order valence-electron chi connectivity index (χ2n) is 5.13. The van der Waals surface area contributed by atoms with E-state index >= 15 is 0 Å². The van der Waals surface area contributed by atoms with Gasteiger partial charge in [0.25, 0.3) is 0 Å². The average Bonchev–Trinajstić information content (AvgIpc) is 2.62. The molecule has 1 heterocycles. The number of aliphatic hydroxyl groups excluding tert-OH is 2. The minimum Gasteiger partial charge on any atom is -0.444 e. The van der Waals surface area contributed by atoms with Crippen molar-refractivity contribution in [1.82, 2.24) is 4.90 Å². The van der Waals surface area contributed by atoms with E-state index in [0.717, 1.165) is 6.42 Å². The summed E-state index contributed by atoms with van der Waals surface area (Å²) in [7, 11) is 0. The molecule has 1 rings (SSSR count). The van der Waals surface area contributed by atoms with Crippen molar-refractivity contribution in [1.29, 1.82) is 0 Å². The Hall–Kier alpha value is -0.810. The van der Waals surface area contributed by atoms with Crippen molar-refractivity contribution in [3.8, 4) is 0 Å². The summed E-state index contributed by atoms with van der Waals surface area (Å²) < 4.78 is 5.24. The number of aliphatic hydroxyl groups is 2. The number of amides is 1. The Morgan fingerprint density at radius 1 is 1.56 bits per heavy atom. The third-order valence-electron chi connectivity index (χ3n) is 2.56. The number of carbonyl (C=O) groups is 1. The van der Waals surface area contributed by atoms with E-state index in [4.69, 9.17) is 9.84 Å². The third-order valence-corrected chi connectivity index (χ3v) is 2.56. The molecule has 0 radical (unpaired) electrons. The summed E-state index contributed by atoms with van der Waals surface area (Å²) in [6, 6.07) is -0.320. The molecule has 2 atom stereocenters. The zero-order chi connectivity index (χ0) is 12.3. The summed E-state index contributed by atoms with van der Waals surface area (Å²) in [6.45, 7) is 5.66. The van der Waals surface area contributed by atoms with Crippen LogP contribution in [-0.2, 0) is 4.74 Å². The molecular weight excluding hydrogens is 210 g/mol. The van der Waals surface area contributed by atoms with E-state index in [-0.39, 0.29) is 12.6 Å². The van der Waals surface area contributed by atoms with Crippen LogP contribution in [0.1, 0.15) is 33.6 Å². The van der Waals surface area contributed by atoms with Gasteiger partial charge in [-0.05, 0) is 33.6 Å². The molecule has 1 fully saturated rings. The van der Waals surface area contributed by atoms with Crippen LogP contribution in [0.25, 0.3) is 0 Å². The van der Waals surface area contributed by atoms with Crippen LogP contribution >= 0.6 is 0 Å². The van der Waals surface area contributed by atoms with Crippen LogP contribution in [0.3, 0.4) is 0 Å². The number of likely N-dealkylation sites (tertiary alicyclic amines) is 1. The van der Waals surface area contributed by atoms with Crippen LogP contribution in [0.15, 0.2) is 0 Å². The largest absolute Gasteiger partial charge is 0.444 e. The first-order valence-corrected chi connectivity index (χ1v) is 5.63. The number of ether oxygens (including phenoxy) is 1. The Kier molecular flexibility index (Phi) is 4.15. The summed E-state index contributed by atoms with van der Waals surface area (Å²) in [5.74, 6) is 0. The molecule has 0 spiro atoms. The zero-order valence-corrected chi connectivity index (χ0v) is 10.1. The number of carbonyl (C=O) groups excluding carboxylic acids is 1. The molecule has 16 heavy (non-hydrogen) atoms. The fourth-order valence-corrected chi connectivity index (χ4v) is 1.86. The molecule has 94 valence electrons. The van der Waals surface area contributed by atoms with Gasteiger partial charge in [-0.25, -0.2) is 4.79 Å². The van der Waals surface area contributed by atoms with E-state index in [1.807, 2.05) is 0 Å². The minimum absolute atomic E-state index is 0.320. The Bertz CT molecular complexity index is 249. The third kappa shape index (κ3) is 3.35. The number of hydrogen-bond donors (Lipinski definition) is 2. The maximum atomic E-state index is 11.8. The van der Waals surface area contributed by atoms with Gasteiger partial charge in [0.15, 0.2) is 0 Å². The molecule has 2 N–H and O–H groups in total. The maximum Gasteiger partial charge on any atom is 0.410 e. The maximum absolute atomic E-state index is 11.8. The van der Waals surface area contributed by atoms with Gasteiger partial charge in [-0.1, -0.05) is 0 Å². The van der Waals surface area contributed by atoms with E-state index in [2.05, 4.69) is 0 Å². The van der Waals surface area contributed by atoms with Crippen molar-refractivity contribution in [3.63, 3.8) is 0 Å². The second kappa shape index (κ2) is 5.01. The van der Waals surface area contributed by atoms with Gasteiger partial charge in [0, 0.05) is 6.54 Å². The molecule has 0 aliphatic carbocycles. The predicted octanol–water partition coefficient (Wildman–Crippen LogP) is 0.739. The number of nitrogens with zero attached hydrogens (tertiary/aromatic N) is 1. The van der Waals surface area contributed by atoms with Crippen LogP contribution in [0, 0.1) is 0 Å². The normalized spacial score (nSPS) is 23.3. The van der Waals surface area contributed by atoms with Gasteiger partial charge in [0.05, 0.1) is 18.8 Å². The van der Waals surface area contributed by atoms with Gasteiger partial charge in [0.2, 0.25) is 0 Å². The average molecular weight is 231 g/mol. The summed E-state index contributed by atoms with van der Waals surface area (Å²) >= 11 is 0. The molecular formula is C11H21NO4. The summed E-state index contributed by atoms with van der Waals surface area (Å²) in [4.78, 5) is 13.3. The van der Waals surface area contributed by atoms with E-state index in [0.29, 0.717) is 13.0 Å². The lowest BCUT2D eigenvalue weighted by Gasteiger charge is -2.30. The summed E-state index contributed by atoms with van der Waals surface area (Å²) in [5, 5.41) is 18.5. The fourth-order valence-electron chi connectivity index (χ4n) is 1.86. The second-order valence-corrected chi connectivity index (χ2v) is 5.13. The standard InChI is InChI=1S/C11H21NO4/c1-11(2,3)16-10(15)12-6-4-5-8(12)9(14)7-13/h8-9,13-14H,4-7H2,1-3H3/t8-,9?/m0/s1. The molecule has 5 heteroatoms. The van der Waals surface area contributed by atoms with Gasteiger partial charge < -0.3 is 19.8 Å². The predicted molar refractivity (Wildman–Crippen MR) is 59.1 cm³/mol. The topological polar surface area (TPSA) is 70.0 Å². The Morgan fingerprint density at radius 2 is 2.19 bits per heavy atom. The molecule has 1 aliphatic heterocycles.